The van der Waals surface area contributed by atoms with Crippen molar-refractivity contribution in [3.8, 4) is 0 Å². The number of aliphatic carboxylic acids is 1. The third kappa shape index (κ3) is 3.42. The lowest BCUT2D eigenvalue weighted by atomic mass is 9.97. The molecule has 2 aromatic rings. The second-order valence-corrected chi connectivity index (χ2v) is 6.83. The van der Waals surface area contributed by atoms with Crippen LogP contribution in [0.5, 0.6) is 0 Å². The molecule has 1 N–H and O–H groups in total. The van der Waals surface area contributed by atoms with E-state index in [1.54, 1.807) is 18.1 Å². The van der Waals surface area contributed by atoms with Crippen molar-refractivity contribution < 1.29 is 19.5 Å². The van der Waals surface area contributed by atoms with Crippen LogP contribution in [0.15, 0.2) is 30.5 Å². The Morgan fingerprint density at radius 2 is 1.85 bits per heavy atom. The van der Waals surface area contributed by atoms with E-state index < -0.39 is 5.97 Å². The van der Waals surface area contributed by atoms with E-state index >= 15 is 0 Å². The summed E-state index contributed by atoms with van der Waals surface area (Å²) >= 11 is 0. The molecule has 2 heterocycles. The molecule has 1 aliphatic rings. The molecule has 1 aromatic heterocycles. The Morgan fingerprint density at radius 1 is 1.19 bits per heavy atom. The first-order valence-electron chi connectivity index (χ1n) is 8.68. The van der Waals surface area contributed by atoms with E-state index in [1.165, 1.54) is 4.90 Å². The number of benzene rings is 1. The molecule has 0 spiro atoms. The minimum Gasteiger partial charge on any atom is -0.481 e. The number of carboxylic acid groups (broad SMARTS) is 1. The SMILES string of the molecule is CN(CC(=O)N1CCC(C(=O)O)CC1)C(=O)c1cn(C)c2ccccc12. The third-order valence-electron chi connectivity index (χ3n) is 5.04. The van der Waals surface area contributed by atoms with E-state index in [2.05, 4.69) is 0 Å². The molecular weight excluding hydrogens is 334 g/mol. The molecule has 7 nitrogen and oxygen atoms in total. The Labute approximate surface area is 151 Å². The van der Waals surface area contributed by atoms with E-state index in [9.17, 15) is 14.4 Å². The molecule has 1 fully saturated rings. The molecule has 0 atom stereocenters. The molecule has 1 aliphatic heterocycles. The van der Waals surface area contributed by atoms with E-state index in [4.69, 9.17) is 5.11 Å². The lowest BCUT2D eigenvalue weighted by Gasteiger charge is -2.31. The Morgan fingerprint density at radius 3 is 2.50 bits per heavy atom. The minimum absolute atomic E-state index is 0.0141. The number of aryl methyl sites for hydroxylation is 1. The second-order valence-electron chi connectivity index (χ2n) is 6.83. The van der Waals surface area contributed by atoms with Gasteiger partial charge in [0.1, 0.15) is 0 Å². The number of rotatable bonds is 4. The van der Waals surface area contributed by atoms with Crippen molar-refractivity contribution in [1.82, 2.24) is 14.4 Å². The monoisotopic (exact) mass is 357 g/mol. The molecule has 3 rings (SSSR count). The van der Waals surface area contributed by atoms with Gasteiger partial charge in [-0.05, 0) is 18.9 Å². The molecule has 0 unspecified atom stereocenters. The van der Waals surface area contributed by atoms with Crippen molar-refractivity contribution in [3.05, 3.63) is 36.0 Å². The first-order chi connectivity index (χ1) is 12.4. The Kier molecular flexibility index (Phi) is 4.97. The van der Waals surface area contributed by atoms with Gasteiger partial charge in [0, 0.05) is 44.3 Å². The van der Waals surface area contributed by atoms with Gasteiger partial charge in [-0.15, -0.1) is 0 Å². The molecule has 26 heavy (non-hydrogen) atoms. The standard InChI is InChI=1S/C19H23N3O4/c1-20-11-15(14-5-3-4-6-16(14)20)18(24)21(2)12-17(23)22-9-7-13(8-10-22)19(25)26/h3-6,11,13H,7-10,12H2,1-2H3,(H,25,26). The van der Waals surface area contributed by atoms with Crippen molar-refractivity contribution >= 4 is 28.7 Å². The van der Waals surface area contributed by atoms with Gasteiger partial charge in [-0.3, -0.25) is 14.4 Å². The smallest absolute Gasteiger partial charge is 0.306 e. The summed E-state index contributed by atoms with van der Waals surface area (Å²) in [7, 11) is 3.50. The molecule has 7 heteroatoms. The number of hydrogen-bond donors (Lipinski definition) is 1. The summed E-state index contributed by atoms with van der Waals surface area (Å²) in [5.74, 6) is -1.53. The highest BCUT2D eigenvalue weighted by Gasteiger charge is 2.28. The van der Waals surface area contributed by atoms with Crippen LogP contribution in [-0.4, -0.2) is 63.9 Å². The summed E-state index contributed by atoms with van der Waals surface area (Å²) in [4.78, 5) is 39.3. The number of carbonyl (C=O) groups excluding carboxylic acids is 2. The van der Waals surface area contributed by atoms with E-state index in [0.29, 0.717) is 31.5 Å². The third-order valence-corrected chi connectivity index (χ3v) is 5.04. The van der Waals surface area contributed by atoms with Crippen LogP contribution in [0.4, 0.5) is 0 Å². The first-order valence-corrected chi connectivity index (χ1v) is 8.68. The molecular formula is C19H23N3O4. The number of fused-ring (bicyclic) bond motifs is 1. The second kappa shape index (κ2) is 7.19. The Bertz CT molecular complexity index is 850. The fourth-order valence-corrected chi connectivity index (χ4v) is 3.47. The summed E-state index contributed by atoms with van der Waals surface area (Å²) in [5.41, 5.74) is 1.54. The topological polar surface area (TPSA) is 82.9 Å². The molecule has 0 saturated carbocycles. The summed E-state index contributed by atoms with van der Waals surface area (Å²) < 4.78 is 1.90. The molecule has 0 bridgehead atoms. The zero-order valence-electron chi connectivity index (χ0n) is 15.0. The maximum Gasteiger partial charge on any atom is 0.306 e. The number of likely N-dealkylation sites (N-methyl/N-ethyl adjacent to an activating group) is 1. The van der Waals surface area contributed by atoms with E-state index in [1.807, 2.05) is 35.9 Å². The molecule has 2 amide bonds. The number of para-hydroxylation sites is 1. The van der Waals surface area contributed by atoms with Gasteiger partial charge < -0.3 is 19.5 Å². The summed E-state index contributed by atoms with van der Waals surface area (Å²) in [5, 5.41) is 9.90. The zero-order chi connectivity index (χ0) is 18.8. The highest BCUT2D eigenvalue weighted by molar-refractivity contribution is 6.07. The maximum atomic E-state index is 12.8. The van der Waals surface area contributed by atoms with Gasteiger partial charge in [0.25, 0.3) is 5.91 Å². The van der Waals surface area contributed by atoms with Crippen LogP contribution >= 0.6 is 0 Å². The Hall–Kier alpha value is -2.83. The first kappa shape index (κ1) is 18.0. The van der Waals surface area contributed by atoms with Crippen LogP contribution in [0.2, 0.25) is 0 Å². The van der Waals surface area contributed by atoms with Gasteiger partial charge in [0.15, 0.2) is 0 Å². The van der Waals surface area contributed by atoms with Crippen LogP contribution < -0.4 is 0 Å². The van der Waals surface area contributed by atoms with Crippen molar-refractivity contribution in [1.29, 1.82) is 0 Å². The predicted octanol–water partition coefficient (Wildman–Crippen LogP) is 1.57. The number of aromatic nitrogens is 1. The normalized spacial score (nSPS) is 15.2. The van der Waals surface area contributed by atoms with Gasteiger partial charge in [0.05, 0.1) is 18.0 Å². The summed E-state index contributed by atoms with van der Waals surface area (Å²) in [6, 6.07) is 7.65. The quantitative estimate of drug-likeness (QED) is 0.900. The fourth-order valence-electron chi connectivity index (χ4n) is 3.47. The number of likely N-dealkylation sites (tertiary alicyclic amines) is 1. The average molecular weight is 357 g/mol. The lowest BCUT2D eigenvalue weighted by Crippen LogP contribution is -2.45. The minimum atomic E-state index is -0.805. The highest BCUT2D eigenvalue weighted by atomic mass is 16.4. The van der Waals surface area contributed by atoms with Gasteiger partial charge in [-0.1, -0.05) is 18.2 Å². The van der Waals surface area contributed by atoms with Gasteiger partial charge in [0.2, 0.25) is 5.91 Å². The zero-order valence-corrected chi connectivity index (χ0v) is 15.0. The molecule has 1 aromatic carbocycles. The molecule has 138 valence electrons. The number of nitrogens with zero attached hydrogens (tertiary/aromatic N) is 3. The number of amides is 2. The predicted molar refractivity (Wildman–Crippen MR) is 96.8 cm³/mol. The maximum absolute atomic E-state index is 12.8. The fraction of sp³-hybridized carbons (Fsp3) is 0.421. The molecule has 1 saturated heterocycles. The molecule has 0 aliphatic carbocycles. The van der Waals surface area contributed by atoms with E-state index in [0.717, 1.165) is 10.9 Å². The van der Waals surface area contributed by atoms with E-state index in [-0.39, 0.29) is 24.3 Å². The van der Waals surface area contributed by atoms with Gasteiger partial charge in [-0.25, -0.2) is 0 Å². The van der Waals surface area contributed by atoms with Gasteiger partial charge >= 0.3 is 5.97 Å². The van der Waals surface area contributed by atoms with Crippen molar-refractivity contribution in [2.75, 3.05) is 26.7 Å². The largest absolute Gasteiger partial charge is 0.481 e. The van der Waals surface area contributed by atoms with Crippen molar-refractivity contribution in [2.24, 2.45) is 13.0 Å². The molecule has 0 radical (unpaired) electrons. The van der Waals surface area contributed by atoms with Crippen LogP contribution in [0.1, 0.15) is 23.2 Å². The van der Waals surface area contributed by atoms with Crippen molar-refractivity contribution in [3.63, 3.8) is 0 Å². The number of hydrogen-bond acceptors (Lipinski definition) is 3. The Balaban J connectivity index is 1.66. The van der Waals surface area contributed by atoms with Crippen LogP contribution in [0, 0.1) is 5.92 Å². The highest BCUT2D eigenvalue weighted by Crippen LogP contribution is 2.22. The summed E-state index contributed by atoms with van der Waals surface area (Å²) in [6.45, 7) is 0.831. The number of carboxylic acids is 1. The average Bonchev–Trinajstić information content (AvgIpc) is 2.98. The summed E-state index contributed by atoms with van der Waals surface area (Å²) in [6.07, 6.45) is 2.70. The number of carbonyl (C=O) groups is 3. The van der Waals surface area contributed by atoms with Crippen LogP contribution in [-0.2, 0) is 16.6 Å². The van der Waals surface area contributed by atoms with Crippen LogP contribution in [0.3, 0.4) is 0 Å². The number of piperidine rings is 1. The lowest BCUT2D eigenvalue weighted by molar-refractivity contribution is -0.145. The van der Waals surface area contributed by atoms with Crippen LogP contribution in [0.25, 0.3) is 10.9 Å². The van der Waals surface area contributed by atoms with Crippen molar-refractivity contribution in [2.45, 2.75) is 12.8 Å². The van der Waals surface area contributed by atoms with Gasteiger partial charge in [-0.2, -0.15) is 0 Å².